The van der Waals surface area contributed by atoms with Gasteiger partial charge >= 0.3 is 5.97 Å². The third-order valence-electron chi connectivity index (χ3n) is 4.03. The minimum absolute atomic E-state index is 0.0115. The van der Waals surface area contributed by atoms with Crippen LogP contribution in [-0.2, 0) is 9.59 Å². The second-order valence-corrected chi connectivity index (χ2v) is 5.85. The molecule has 2 amide bonds. The summed E-state index contributed by atoms with van der Waals surface area (Å²) in [5.74, 6) is -1.27. The predicted octanol–water partition coefficient (Wildman–Crippen LogP) is 2.02. The normalized spacial score (nSPS) is 15.5. The molecule has 1 aliphatic rings. The topological polar surface area (TPSA) is 95.5 Å². The minimum atomic E-state index is -0.956. The quantitative estimate of drug-likeness (QED) is 0.749. The zero-order valence-electron chi connectivity index (χ0n) is 12.5. The fraction of sp³-hybridized carbons (Fsp3) is 0.438. The third kappa shape index (κ3) is 3.84. The van der Waals surface area contributed by atoms with Crippen LogP contribution in [0.1, 0.15) is 43.0 Å². The lowest BCUT2D eigenvalue weighted by Crippen LogP contribution is -2.39. The molecule has 22 heavy (non-hydrogen) atoms. The Bertz CT molecular complexity index is 576. The van der Waals surface area contributed by atoms with Crippen molar-refractivity contribution < 1.29 is 19.5 Å². The molecule has 0 atom stereocenters. The molecule has 1 aliphatic carbocycles. The number of rotatable bonds is 6. The first kappa shape index (κ1) is 16.0. The molecule has 3 N–H and O–H groups in total. The Morgan fingerprint density at radius 1 is 1.18 bits per heavy atom. The van der Waals surface area contributed by atoms with E-state index >= 15 is 0 Å². The van der Waals surface area contributed by atoms with Crippen molar-refractivity contribution in [3.8, 4) is 0 Å². The summed E-state index contributed by atoms with van der Waals surface area (Å²) >= 11 is 0. The Balaban J connectivity index is 1.88. The van der Waals surface area contributed by atoms with Crippen LogP contribution in [0.2, 0.25) is 0 Å². The number of carboxylic acids is 1. The summed E-state index contributed by atoms with van der Waals surface area (Å²) < 4.78 is 0. The summed E-state index contributed by atoms with van der Waals surface area (Å²) in [5, 5.41) is 13.9. The van der Waals surface area contributed by atoms with Crippen LogP contribution >= 0.6 is 0 Å². The fourth-order valence-electron chi connectivity index (χ4n) is 2.31. The molecular formula is C16H20N2O4. The number of amides is 2. The van der Waals surface area contributed by atoms with Gasteiger partial charge in [-0.3, -0.25) is 14.4 Å². The van der Waals surface area contributed by atoms with Crippen molar-refractivity contribution in [1.82, 2.24) is 5.32 Å². The molecule has 1 saturated carbocycles. The maximum atomic E-state index is 12.1. The third-order valence-corrected chi connectivity index (χ3v) is 4.03. The van der Waals surface area contributed by atoms with Gasteiger partial charge in [-0.15, -0.1) is 0 Å². The van der Waals surface area contributed by atoms with Gasteiger partial charge in [0, 0.05) is 23.2 Å². The number of carboxylic acid groups (broad SMARTS) is 1. The van der Waals surface area contributed by atoms with E-state index in [1.54, 1.807) is 24.3 Å². The maximum absolute atomic E-state index is 12.1. The van der Waals surface area contributed by atoms with E-state index in [1.165, 1.54) is 0 Å². The lowest BCUT2D eigenvalue weighted by atomic mass is 9.70. The van der Waals surface area contributed by atoms with Crippen LogP contribution in [-0.4, -0.2) is 29.4 Å². The van der Waals surface area contributed by atoms with Gasteiger partial charge in [0.15, 0.2) is 0 Å². The highest BCUT2D eigenvalue weighted by atomic mass is 16.4. The minimum Gasteiger partial charge on any atom is -0.481 e. The summed E-state index contributed by atoms with van der Waals surface area (Å²) in [6.07, 6.45) is 2.78. The van der Waals surface area contributed by atoms with E-state index in [-0.39, 0.29) is 30.2 Å². The molecule has 0 spiro atoms. The molecule has 118 valence electrons. The Morgan fingerprint density at radius 3 is 2.32 bits per heavy atom. The van der Waals surface area contributed by atoms with Crippen LogP contribution in [0.4, 0.5) is 5.69 Å². The van der Waals surface area contributed by atoms with Crippen molar-refractivity contribution in [3.63, 3.8) is 0 Å². The largest absolute Gasteiger partial charge is 0.481 e. The number of carbonyl (C=O) groups excluding carboxylic acids is 2. The van der Waals surface area contributed by atoms with Gasteiger partial charge in [0.1, 0.15) is 0 Å². The van der Waals surface area contributed by atoms with Gasteiger partial charge < -0.3 is 15.7 Å². The second-order valence-electron chi connectivity index (χ2n) is 5.85. The average molecular weight is 304 g/mol. The molecular weight excluding hydrogens is 284 g/mol. The zero-order valence-corrected chi connectivity index (χ0v) is 12.5. The molecule has 0 unspecified atom stereocenters. The fourth-order valence-corrected chi connectivity index (χ4v) is 2.31. The van der Waals surface area contributed by atoms with E-state index in [1.807, 2.05) is 6.92 Å². The molecule has 1 aromatic rings. The lowest BCUT2D eigenvalue weighted by Gasteiger charge is -2.36. The average Bonchev–Trinajstić information content (AvgIpc) is 2.44. The van der Waals surface area contributed by atoms with E-state index in [9.17, 15) is 14.4 Å². The summed E-state index contributed by atoms with van der Waals surface area (Å²) in [4.78, 5) is 34.3. The first-order valence-corrected chi connectivity index (χ1v) is 7.32. The van der Waals surface area contributed by atoms with E-state index < -0.39 is 5.97 Å². The van der Waals surface area contributed by atoms with Gasteiger partial charge in [-0.05, 0) is 37.1 Å². The molecule has 6 nitrogen and oxygen atoms in total. The van der Waals surface area contributed by atoms with E-state index in [2.05, 4.69) is 10.6 Å². The number of nitrogens with one attached hydrogen (secondary N) is 2. The highest BCUT2D eigenvalue weighted by molar-refractivity contribution is 5.97. The van der Waals surface area contributed by atoms with E-state index in [0.717, 1.165) is 19.3 Å². The number of carbonyl (C=O) groups is 3. The molecule has 2 rings (SSSR count). The maximum Gasteiger partial charge on any atom is 0.305 e. The van der Waals surface area contributed by atoms with Crippen molar-refractivity contribution in [2.75, 3.05) is 11.9 Å². The van der Waals surface area contributed by atoms with E-state index in [0.29, 0.717) is 11.3 Å². The Kier molecular flexibility index (Phi) is 4.80. The Hall–Kier alpha value is -2.37. The van der Waals surface area contributed by atoms with Crippen LogP contribution in [0, 0.1) is 5.41 Å². The van der Waals surface area contributed by atoms with Gasteiger partial charge in [0.25, 0.3) is 5.91 Å². The first-order valence-electron chi connectivity index (χ1n) is 7.32. The number of anilines is 1. The SMILES string of the molecule is CC1(C(=O)Nc2ccc(C(=O)NCCC(=O)O)cc2)CCC1. The summed E-state index contributed by atoms with van der Waals surface area (Å²) in [6.45, 7) is 2.04. The second kappa shape index (κ2) is 6.60. The molecule has 1 fully saturated rings. The van der Waals surface area contributed by atoms with Crippen molar-refractivity contribution in [2.24, 2.45) is 5.41 Å². The monoisotopic (exact) mass is 304 g/mol. The molecule has 0 radical (unpaired) electrons. The van der Waals surface area contributed by atoms with Gasteiger partial charge in [-0.2, -0.15) is 0 Å². The summed E-state index contributed by atoms with van der Waals surface area (Å²) in [7, 11) is 0. The number of aliphatic carboxylic acids is 1. The van der Waals surface area contributed by atoms with Crippen LogP contribution in [0.5, 0.6) is 0 Å². The van der Waals surface area contributed by atoms with Crippen molar-refractivity contribution >= 4 is 23.5 Å². The molecule has 0 aromatic heterocycles. The standard InChI is InChI=1S/C16H20N2O4/c1-16(8-2-9-16)15(22)18-12-5-3-11(4-6-12)14(21)17-10-7-13(19)20/h3-6H,2,7-10H2,1H3,(H,17,21)(H,18,22)(H,19,20). The highest BCUT2D eigenvalue weighted by Crippen LogP contribution is 2.41. The first-order chi connectivity index (χ1) is 10.4. The van der Waals surface area contributed by atoms with Gasteiger partial charge in [-0.25, -0.2) is 0 Å². The van der Waals surface area contributed by atoms with Crippen LogP contribution in [0.15, 0.2) is 24.3 Å². The molecule has 0 bridgehead atoms. The smallest absolute Gasteiger partial charge is 0.305 e. The van der Waals surface area contributed by atoms with Gasteiger partial charge in [0.2, 0.25) is 5.91 Å². The van der Waals surface area contributed by atoms with Crippen molar-refractivity contribution in [1.29, 1.82) is 0 Å². The predicted molar refractivity (Wildman–Crippen MR) is 81.6 cm³/mol. The van der Waals surface area contributed by atoms with Gasteiger partial charge in [0.05, 0.1) is 6.42 Å². The van der Waals surface area contributed by atoms with Crippen LogP contribution in [0.3, 0.4) is 0 Å². The molecule has 1 aromatic carbocycles. The Labute approximate surface area is 128 Å². The zero-order chi connectivity index (χ0) is 16.2. The van der Waals surface area contributed by atoms with Crippen molar-refractivity contribution in [3.05, 3.63) is 29.8 Å². The van der Waals surface area contributed by atoms with Crippen LogP contribution < -0.4 is 10.6 Å². The van der Waals surface area contributed by atoms with Gasteiger partial charge in [-0.1, -0.05) is 13.3 Å². The number of hydrogen-bond acceptors (Lipinski definition) is 3. The molecule has 0 heterocycles. The summed E-state index contributed by atoms with van der Waals surface area (Å²) in [6, 6.07) is 6.56. The number of benzene rings is 1. The Morgan fingerprint density at radius 2 is 1.82 bits per heavy atom. The molecule has 0 saturated heterocycles. The molecule has 6 heteroatoms. The lowest BCUT2D eigenvalue weighted by molar-refractivity contribution is -0.136. The highest BCUT2D eigenvalue weighted by Gasteiger charge is 2.39. The van der Waals surface area contributed by atoms with E-state index in [4.69, 9.17) is 5.11 Å². The molecule has 0 aliphatic heterocycles. The number of hydrogen-bond donors (Lipinski definition) is 3. The van der Waals surface area contributed by atoms with Crippen molar-refractivity contribution in [2.45, 2.75) is 32.6 Å². The van der Waals surface area contributed by atoms with Crippen LogP contribution in [0.25, 0.3) is 0 Å². The summed E-state index contributed by atoms with van der Waals surface area (Å²) in [5.41, 5.74) is 0.811.